The van der Waals surface area contributed by atoms with Crippen LogP contribution in [0.5, 0.6) is 0 Å². The fourth-order valence-corrected chi connectivity index (χ4v) is 2.86. The predicted molar refractivity (Wildman–Crippen MR) is 67.8 cm³/mol. The zero-order chi connectivity index (χ0) is 12.2. The summed E-state index contributed by atoms with van der Waals surface area (Å²) in [6.07, 6.45) is 2.40. The monoisotopic (exact) mass is 233 g/mol. The highest BCUT2D eigenvalue weighted by atomic mass is 15.4. The fourth-order valence-electron chi connectivity index (χ4n) is 2.86. The molecule has 0 amide bonds. The molecule has 92 valence electrons. The molecule has 5 nitrogen and oxygen atoms in total. The number of aryl methyl sites for hydroxylation is 2. The summed E-state index contributed by atoms with van der Waals surface area (Å²) >= 11 is 0. The summed E-state index contributed by atoms with van der Waals surface area (Å²) in [6, 6.07) is 0.511. The quantitative estimate of drug-likeness (QED) is 0.864. The van der Waals surface area contributed by atoms with Gasteiger partial charge in [-0.2, -0.15) is 5.10 Å². The van der Waals surface area contributed by atoms with Gasteiger partial charge in [0.15, 0.2) is 5.65 Å². The number of nitrogen functional groups attached to an aromatic ring is 1. The molecule has 1 aliphatic rings. The van der Waals surface area contributed by atoms with E-state index in [0.717, 1.165) is 29.3 Å². The zero-order valence-corrected chi connectivity index (χ0v) is 10.6. The molecule has 3 rings (SSSR count). The Morgan fingerprint density at radius 2 is 2.12 bits per heavy atom. The molecule has 1 aliphatic carbocycles. The first-order valence-corrected chi connectivity index (χ1v) is 6.32. The third-order valence-corrected chi connectivity index (χ3v) is 3.78. The van der Waals surface area contributed by atoms with Crippen LogP contribution in [-0.2, 0) is 6.54 Å². The van der Waals surface area contributed by atoms with Crippen molar-refractivity contribution in [2.24, 2.45) is 5.92 Å². The van der Waals surface area contributed by atoms with Gasteiger partial charge < -0.3 is 5.73 Å². The number of fused-ring (bicyclic) bond motifs is 1. The van der Waals surface area contributed by atoms with Crippen LogP contribution >= 0.6 is 0 Å². The number of rotatable bonds is 2. The summed E-state index contributed by atoms with van der Waals surface area (Å²) in [5.41, 5.74) is 9.09. The Morgan fingerprint density at radius 1 is 1.41 bits per heavy atom. The van der Waals surface area contributed by atoms with Gasteiger partial charge in [-0.3, -0.25) is 4.57 Å². The van der Waals surface area contributed by atoms with Crippen LogP contribution in [0.3, 0.4) is 0 Å². The number of anilines is 1. The molecule has 0 radical (unpaired) electrons. The molecular weight excluding hydrogens is 214 g/mol. The number of nitrogens with two attached hydrogens (primary N) is 1. The van der Waals surface area contributed by atoms with Crippen molar-refractivity contribution < 1.29 is 0 Å². The molecule has 2 aromatic heterocycles. The summed E-state index contributed by atoms with van der Waals surface area (Å²) in [4.78, 5) is 4.47. The lowest BCUT2D eigenvalue weighted by Gasteiger charge is -2.34. The van der Waals surface area contributed by atoms with E-state index >= 15 is 0 Å². The first-order chi connectivity index (χ1) is 8.11. The van der Waals surface area contributed by atoms with Crippen LogP contribution in [0.2, 0.25) is 0 Å². The summed E-state index contributed by atoms with van der Waals surface area (Å²) in [7, 11) is 0. The molecular formula is C12H19N5. The van der Waals surface area contributed by atoms with Gasteiger partial charge in [0.1, 0.15) is 5.52 Å². The van der Waals surface area contributed by atoms with Crippen LogP contribution in [0.25, 0.3) is 11.2 Å². The van der Waals surface area contributed by atoms with E-state index in [9.17, 15) is 0 Å². The highest BCUT2D eigenvalue weighted by Crippen LogP contribution is 2.40. The molecule has 0 aromatic carbocycles. The van der Waals surface area contributed by atoms with Gasteiger partial charge in [0, 0.05) is 12.6 Å². The first kappa shape index (κ1) is 10.6. The molecule has 2 N–H and O–H groups in total. The van der Waals surface area contributed by atoms with E-state index in [1.54, 1.807) is 0 Å². The average Bonchev–Trinajstić information content (AvgIpc) is 2.72. The van der Waals surface area contributed by atoms with Gasteiger partial charge in [0.25, 0.3) is 0 Å². The molecule has 0 spiro atoms. The molecule has 0 aliphatic heterocycles. The van der Waals surface area contributed by atoms with Gasteiger partial charge in [-0.25, -0.2) is 9.67 Å². The summed E-state index contributed by atoms with van der Waals surface area (Å²) < 4.78 is 4.19. The normalized spacial score (nSPS) is 24.2. The van der Waals surface area contributed by atoms with E-state index in [0.29, 0.717) is 12.0 Å². The van der Waals surface area contributed by atoms with Crippen molar-refractivity contribution >= 4 is 17.1 Å². The largest absolute Gasteiger partial charge is 0.369 e. The second-order valence-corrected chi connectivity index (χ2v) is 5.14. The van der Waals surface area contributed by atoms with Crippen molar-refractivity contribution in [1.82, 2.24) is 19.3 Å². The maximum atomic E-state index is 6.06. The van der Waals surface area contributed by atoms with Crippen LogP contribution in [0, 0.1) is 12.8 Å². The summed E-state index contributed by atoms with van der Waals surface area (Å²) in [5, 5.41) is 4.51. The topological polar surface area (TPSA) is 61.7 Å². The van der Waals surface area contributed by atoms with Crippen LogP contribution in [0.15, 0.2) is 0 Å². The SMILES string of the molecule is CCn1nc(C)c2nc(N)n(C3CC(C)C3)c21. The van der Waals surface area contributed by atoms with Crippen molar-refractivity contribution in [3.8, 4) is 0 Å². The zero-order valence-electron chi connectivity index (χ0n) is 10.6. The number of hydrogen-bond donors (Lipinski definition) is 1. The van der Waals surface area contributed by atoms with Crippen molar-refractivity contribution in [2.75, 3.05) is 5.73 Å². The van der Waals surface area contributed by atoms with Crippen molar-refractivity contribution in [1.29, 1.82) is 0 Å². The van der Waals surface area contributed by atoms with Gasteiger partial charge in [0.2, 0.25) is 5.95 Å². The highest BCUT2D eigenvalue weighted by molar-refractivity contribution is 5.77. The Balaban J connectivity index is 2.18. The fraction of sp³-hybridized carbons (Fsp3) is 0.667. The van der Waals surface area contributed by atoms with Gasteiger partial charge in [-0.15, -0.1) is 0 Å². The van der Waals surface area contributed by atoms with Crippen LogP contribution in [0.4, 0.5) is 5.95 Å². The van der Waals surface area contributed by atoms with Gasteiger partial charge in [0.05, 0.1) is 5.69 Å². The molecule has 1 fully saturated rings. The van der Waals surface area contributed by atoms with Crippen LogP contribution < -0.4 is 5.73 Å². The highest BCUT2D eigenvalue weighted by Gasteiger charge is 2.31. The molecule has 0 saturated heterocycles. The average molecular weight is 233 g/mol. The van der Waals surface area contributed by atoms with E-state index in [4.69, 9.17) is 5.73 Å². The Kier molecular flexibility index (Phi) is 2.18. The minimum atomic E-state index is 0.511. The predicted octanol–water partition coefficient (Wildman–Crippen LogP) is 2.11. The molecule has 17 heavy (non-hydrogen) atoms. The summed E-state index contributed by atoms with van der Waals surface area (Å²) in [6.45, 7) is 7.23. The molecule has 0 bridgehead atoms. The maximum Gasteiger partial charge on any atom is 0.202 e. The van der Waals surface area contributed by atoms with Crippen LogP contribution in [-0.4, -0.2) is 19.3 Å². The van der Waals surface area contributed by atoms with Gasteiger partial charge in [-0.05, 0) is 32.6 Å². The summed E-state index contributed by atoms with van der Waals surface area (Å²) in [5.74, 6) is 1.44. The smallest absolute Gasteiger partial charge is 0.202 e. The third-order valence-electron chi connectivity index (χ3n) is 3.78. The second kappa shape index (κ2) is 3.48. The van der Waals surface area contributed by atoms with E-state index in [1.807, 2.05) is 11.6 Å². The molecule has 1 saturated carbocycles. The minimum Gasteiger partial charge on any atom is -0.369 e. The van der Waals surface area contributed by atoms with Gasteiger partial charge in [-0.1, -0.05) is 6.92 Å². The first-order valence-electron chi connectivity index (χ1n) is 6.32. The second-order valence-electron chi connectivity index (χ2n) is 5.14. The van der Waals surface area contributed by atoms with Crippen molar-refractivity contribution in [3.05, 3.63) is 5.69 Å². The Hall–Kier alpha value is -1.52. The number of hydrogen-bond acceptors (Lipinski definition) is 3. The molecule has 2 aromatic rings. The maximum absolute atomic E-state index is 6.06. The molecule has 2 heterocycles. The number of imidazole rings is 1. The van der Waals surface area contributed by atoms with E-state index < -0.39 is 0 Å². The minimum absolute atomic E-state index is 0.511. The van der Waals surface area contributed by atoms with Crippen molar-refractivity contribution in [3.63, 3.8) is 0 Å². The van der Waals surface area contributed by atoms with Gasteiger partial charge >= 0.3 is 0 Å². The number of nitrogens with zero attached hydrogens (tertiary/aromatic N) is 4. The van der Waals surface area contributed by atoms with E-state index in [2.05, 4.69) is 28.5 Å². The van der Waals surface area contributed by atoms with Crippen LogP contribution in [0.1, 0.15) is 38.4 Å². The Bertz CT molecular complexity index is 559. The Labute approximate surface area is 101 Å². The third kappa shape index (κ3) is 1.38. The number of aromatic nitrogens is 4. The molecule has 0 unspecified atom stereocenters. The molecule has 5 heteroatoms. The standard InChI is InChI=1S/C12H19N5/c1-4-16-11-10(8(3)15-16)14-12(13)17(11)9-5-7(2)6-9/h7,9H,4-6H2,1-3H3,(H2,13,14). The van der Waals surface area contributed by atoms with E-state index in [1.165, 1.54) is 12.8 Å². The van der Waals surface area contributed by atoms with Crippen molar-refractivity contribution in [2.45, 2.75) is 46.2 Å². The van der Waals surface area contributed by atoms with E-state index in [-0.39, 0.29) is 0 Å². The lowest BCUT2D eigenvalue weighted by atomic mass is 9.82. The lowest BCUT2D eigenvalue weighted by molar-refractivity contribution is 0.221. The Morgan fingerprint density at radius 3 is 2.71 bits per heavy atom. The molecule has 0 atom stereocenters. The lowest BCUT2D eigenvalue weighted by Crippen LogP contribution is -2.26.